The van der Waals surface area contributed by atoms with Gasteiger partial charge in [-0.15, -0.1) is 0 Å². The molecule has 2 unspecified atom stereocenters. The molecule has 2 saturated heterocycles. The van der Waals surface area contributed by atoms with Crippen LogP contribution in [-0.4, -0.2) is 11.9 Å². The average Bonchev–Trinajstić information content (AvgIpc) is 3.03. The third-order valence-electron chi connectivity index (χ3n) is 5.46. The molecule has 0 saturated carbocycles. The van der Waals surface area contributed by atoms with Gasteiger partial charge in [-0.1, -0.05) is 60.7 Å². The predicted molar refractivity (Wildman–Crippen MR) is 91.4 cm³/mol. The van der Waals surface area contributed by atoms with Crippen molar-refractivity contribution in [2.75, 3.05) is 0 Å². The van der Waals surface area contributed by atoms with Crippen molar-refractivity contribution in [2.45, 2.75) is 37.9 Å². The second kappa shape index (κ2) is 5.19. The molecule has 2 aromatic rings. The first-order valence-corrected chi connectivity index (χ1v) is 8.46. The zero-order valence-electron chi connectivity index (χ0n) is 14.3. The average molecular weight is 336 g/mol. The molecule has 2 aliphatic heterocycles. The van der Waals surface area contributed by atoms with Crippen LogP contribution in [0.3, 0.4) is 0 Å². The lowest BCUT2D eigenvalue weighted by atomic mass is 9.73. The Morgan fingerprint density at radius 2 is 1.04 bits per heavy atom. The SMILES string of the molecule is CC1(c2ccccc2)CC2(CC(C)(c3ccccc3)OC2=O)C(=O)O1. The third-order valence-corrected chi connectivity index (χ3v) is 5.46. The molecule has 2 fully saturated rings. The first-order valence-electron chi connectivity index (χ1n) is 8.46. The van der Waals surface area contributed by atoms with Crippen molar-refractivity contribution >= 4 is 11.9 Å². The van der Waals surface area contributed by atoms with Crippen molar-refractivity contribution < 1.29 is 19.1 Å². The summed E-state index contributed by atoms with van der Waals surface area (Å²) in [5.41, 5.74) is -1.10. The van der Waals surface area contributed by atoms with Crippen LogP contribution in [0.1, 0.15) is 37.8 Å². The quantitative estimate of drug-likeness (QED) is 0.620. The third kappa shape index (κ3) is 2.28. The van der Waals surface area contributed by atoms with Gasteiger partial charge in [-0.05, 0) is 25.0 Å². The van der Waals surface area contributed by atoms with Crippen molar-refractivity contribution in [2.24, 2.45) is 5.41 Å². The maximum absolute atomic E-state index is 12.8. The van der Waals surface area contributed by atoms with Crippen LogP contribution in [0.15, 0.2) is 60.7 Å². The summed E-state index contributed by atoms with van der Waals surface area (Å²) in [6.45, 7) is 3.72. The molecule has 4 nitrogen and oxygen atoms in total. The minimum atomic E-state index is -1.24. The second-order valence-electron chi connectivity index (χ2n) is 7.41. The van der Waals surface area contributed by atoms with E-state index in [2.05, 4.69) is 0 Å². The van der Waals surface area contributed by atoms with E-state index in [4.69, 9.17) is 9.47 Å². The Labute approximate surface area is 146 Å². The van der Waals surface area contributed by atoms with E-state index in [0.717, 1.165) is 11.1 Å². The van der Waals surface area contributed by atoms with Gasteiger partial charge >= 0.3 is 11.9 Å². The summed E-state index contributed by atoms with van der Waals surface area (Å²) in [5.74, 6) is -0.966. The van der Waals surface area contributed by atoms with E-state index < -0.39 is 28.6 Å². The van der Waals surface area contributed by atoms with Gasteiger partial charge in [0, 0.05) is 12.8 Å². The van der Waals surface area contributed by atoms with Crippen LogP contribution in [-0.2, 0) is 30.3 Å². The summed E-state index contributed by atoms with van der Waals surface area (Å²) < 4.78 is 11.5. The summed E-state index contributed by atoms with van der Waals surface area (Å²) in [6, 6.07) is 19.1. The number of esters is 2. The summed E-state index contributed by atoms with van der Waals surface area (Å²) in [5, 5.41) is 0. The highest BCUT2D eigenvalue weighted by Crippen LogP contribution is 2.57. The van der Waals surface area contributed by atoms with Gasteiger partial charge in [-0.3, -0.25) is 9.59 Å². The van der Waals surface area contributed by atoms with Crippen molar-refractivity contribution in [3.63, 3.8) is 0 Å². The highest BCUT2D eigenvalue weighted by atomic mass is 16.6. The van der Waals surface area contributed by atoms with E-state index in [9.17, 15) is 9.59 Å². The fraction of sp³-hybridized carbons (Fsp3) is 0.333. The topological polar surface area (TPSA) is 52.6 Å². The summed E-state index contributed by atoms with van der Waals surface area (Å²) in [6.07, 6.45) is 0.591. The molecule has 25 heavy (non-hydrogen) atoms. The predicted octanol–water partition coefficient (Wildman–Crippen LogP) is 3.70. The van der Waals surface area contributed by atoms with Crippen LogP contribution in [0.2, 0.25) is 0 Å². The standard InChI is InChI=1S/C21H20O4/c1-19(15-9-5-3-6-10-15)13-21(17(22)24-19)14-20(2,25-18(21)23)16-11-7-4-8-12-16/h3-12H,13-14H2,1-2H3. The van der Waals surface area contributed by atoms with Crippen LogP contribution in [0.4, 0.5) is 0 Å². The highest BCUT2D eigenvalue weighted by Gasteiger charge is 2.67. The summed E-state index contributed by atoms with van der Waals surface area (Å²) in [7, 11) is 0. The fourth-order valence-corrected chi connectivity index (χ4v) is 4.17. The van der Waals surface area contributed by atoms with Gasteiger partial charge in [0.1, 0.15) is 11.2 Å². The van der Waals surface area contributed by atoms with Gasteiger partial charge in [-0.25, -0.2) is 0 Å². The Morgan fingerprint density at radius 3 is 1.40 bits per heavy atom. The van der Waals surface area contributed by atoms with E-state index in [1.165, 1.54) is 0 Å². The van der Waals surface area contributed by atoms with Crippen LogP contribution < -0.4 is 0 Å². The van der Waals surface area contributed by atoms with Crippen LogP contribution in [0.25, 0.3) is 0 Å². The summed E-state index contributed by atoms with van der Waals surface area (Å²) >= 11 is 0. The van der Waals surface area contributed by atoms with E-state index >= 15 is 0 Å². The monoisotopic (exact) mass is 336 g/mol. The molecule has 128 valence electrons. The van der Waals surface area contributed by atoms with Crippen molar-refractivity contribution in [1.82, 2.24) is 0 Å². The maximum atomic E-state index is 12.8. The zero-order chi connectivity index (χ0) is 17.7. The molecule has 0 aliphatic carbocycles. The minimum absolute atomic E-state index is 0.296. The van der Waals surface area contributed by atoms with Gasteiger partial charge in [-0.2, -0.15) is 0 Å². The first kappa shape index (κ1) is 15.9. The second-order valence-corrected chi connectivity index (χ2v) is 7.41. The van der Waals surface area contributed by atoms with E-state index in [0.29, 0.717) is 12.8 Å². The number of benzene rings is 2. The van der Waals surface area contributed by atoms with E-state index in [-0.39, 0.29) is 0 Å². The Balaban J connectivity index is 1.71. The Hall–Kier alpha value is -2.62. The Morgan fingerprint density at radius 1 is 0.680 bits per heavy atom. The largest absolute Gasteiger partial charge is 0.454 e. The van der Waals surface area contributed by atoms with E-state index in [1.807, 2.05) is 74.5 Å². The summed E-state index contributed by atoms with van der Waals surface area (Å²) in [4.78, 5) is 25.6. The molecular weight excluding hydrogens is 316 g/mol. The smallest absolute Gasteiger partial charge is 0.324 e. The minimum Gasteiger partial charge on any atom is -0.454 e. The molecule has 0 amide bonds. The lowest BCUT2D eigenvalue weighted by Gasteiger charge is -2.24. The number of ether oxygens (including phenoxy) is 2. The van der Waals surface area contributed by atoms with Gasteiger partial charge < -0.3 is 9.47 Å². The van der Waals surface area contributed by atoms with Gasteiger partial charge in [0.05, 0.1) is 0 Å². The number of hydrogen-bond donors (Lipinski definition) is 0. The van der Waals surface area contributed by atoms with E-state index in [1.54, 1.807) is 0 Å². The fourth-order valence-electron chi connectivity index (χ4n) is 4.17. The van der Waals surface area contributed by atoms with Crippen molar-refractivity contribution in [3.8, 4) is 0 Å². The first-order chi connectivity index (χ1) is 11.9. The Kier molecular flexibility index (Phi) is 3.29. The molecule has 0 N–H and O–H groups in total. The number of carbonyl (C=O) groups excluding carboxylic acids is 2. The zero-order valence-corrected chi connectivity index (χ0v) is 14.3. The molecule has 2 aliphatic rings. The molecule has 0 bridgehead atoms. The molecular formula is C21H20O4. The van der Waals surface area contributed by atoms with Crippen LogP contribution >= 0.6 is 0 Å². The molecule has 4 heteroatoms. The van der Waals surface area contributed by atoms with Crippen LogP contribution in [0, 0.1) is 5.41 Å². The van der Waals surface area contributed by atoms with Crippen molar-refractivity contribution in [3.05, 3.63) is 71.8 Å². The molecule has 0 aromatic heterocycles. The molecule has 0 radical (unpaired) electrons. The number of carbonyl (C=O) groups is 2. The Bertz CT molecular complexity index is 758. The number of hydrogen-bond acceptors (Lipinski definition) is 4. The van der Waals surface area contributed by atoms with Gasteiger partial charge in [0.25, 0.3) is 0 Å². The number of rotatable bonds is 2. The molecule has 2 atom stereocenters. The van der Waals surface area contributed by atoms with Gasteiger partial charge in [0.2, 0.25) is 0 Å². The lowest BCUT2D eigenvalue weighted by Crippen LogP contribution is -2.32. The molecule has 1 spiro atoms. The molecule has 4 rings (SSSR count). The number of cyclic esters (lactones) is 2. The maximum Gasteiger partial charge on any atom is 0.324 e. The molecule has 2 aromatic carbocycles. The van der Waals surface area contributed by atoms with Crippen molar-refractivity contribution in [1.29, 1.82) is 0 Å². The van der Waals surface area contributed by atoms with Crippen LogP contribution in [0.5, 0.6) is 0 Å². The normalized spacial score (nSPS) is 34.2. The van der Waals surface area contributed by atoms with Gasteiger partial charge in [0.15, 0.2) is 5.41 Å². The highest BCUT2D eigenvalue weighted by molar-refractivity contribution is 6.03. The lowest BCUT2D eigenvalue weighted by molar-refractivity contribution is -0.161. The molecule has 2 heterocycles.